The van der Waals surface area contributed by atoms with Gasteiger partial charge in [0, 0.05) is 19.6 Å². The van der Waals surface area contributed by atoms with Gasteiger partial charge in [-0.3, -0.25) is 9.59 Å². The van der Waals surface area contributed by atoms with Crippen LogP contribution in [0.5, 0.6) is 5.75 Å². The zero-order valence-electron chi connectivity index (χ0n) is 10.8. The molecule has 5 nitrogen and oxygen atoms in total. The zero-order valence-corrected chi connectivity index (χ0v) is 10.8. The molecule has 5 heteroatoms. The van der Waals surface area contributed by atoms with Crippen molar-refractivity contribution in [3.05, 3.63) is 29.8 Å². The van der Waals surface area contributed by atoms with Crippen molar-refractivity contribution < 1.29 is 14.7 Å². The lowest BCUT2D eigenvalue weighted by Gasteiger charge is -2.14. The molecule has 1 saturated heterocycles. The van der Waals surface area contributed by atoms with Crippen molar-refractivity contribution in [1.29, 1.82) is 0 Å². The summed E-state index contributed by atoms with van der Waals surface area (Å²) in [6.45, 7) is 1.79. The van der Waals surface area contributed by atoms with Crippen LogP contribution in [0.4, 0.5) is 0 Å². The maximum atomic E-state index is 11.7. The second-order valence-electron chi connectivity index (χ2n) is 4.67. The quantitative estimate of drug-likeness (QED) is 0.787. The number of phenolic OH excluding ortho intramolecular Hbond substituents is 1. The maximum Gasteiger partial charge on any atom is 0.311 e. The summed E-state index contributed by atoms with van der Waals surface area (Å²) in [4.78, 5) is 24.9. The molecule has 2 amide bonds. The van der Waals surface area contributed by atoms with Crippen LogP contribution < -0.4 is 5.32 Å². The molecule has 0 spiro atoms. The summed E-state index contributed by atoms with van der Waals surface area (Å²) >= 11 is 0. The number of rotatable bonds is 3. The lowest BCUT2D eigenvalue weighted by molar-refractivity contribution is -0.145. The molecule has 2 N–H and O–H groups in total. The molecule has 0 atom stereocenters. The van der Waals surface area contributed by atoms with Gasteiger partial charge in [-0.2, -0.15) is 0 Å². The van der Waals surface area contributed by atoms with Crippen molar-refractivity contribution in [2.45, 2.75) is 19.3 Å². The van der Waals surface area contributed by atoms with E-state index in [9.17, 15) is 9.59 Å². The van der Waals surface area contributed by atoms with Gasteiger partial charge in [-0.25, -0.2) is 0 Å². The van der Waals surface area contributed by atoms with Gasteiger partial charge >= 0.3 is 11.8 Å². The Bertz CT molecular complexity index is 450. The van der Waals surface area contributed by atoms with Crippen LogP contribution in [0.1, 0.15) is 18.4 Å². The van der Waals surface area contributed by atoms with E-state index >= 15 is 0 Å². The standard InChI is InChI=1S/C14H18N2O3/c17-12-5-3-11(4-6-12)7-8-15-13(18)14(19)16-9-1-2-10-16/h3-6,17H,1-2,7-10H2,(H,15,18). The summed E-state index contributed by atoms with van der Waals surface area (Å²) in [5.41, 5.74) is 1.01. The number of aromatic hydroxyl groups is 1. The van der Waals surface area contributed by atoms with E-state index < -0.39 is 11.8 Å². The van der Waals surface area contributed by atoms with Crippen LogP contribution in [0, 0.1) is 0 Å². The third-order valence-electron chi connectivity index (χ3n) is 3.22. The Balaban J connectivity index is 1.74. The smallest absolute Gasteiger partial charge is 0.311 e. The first-order chi connectivity index (χ1) is 9.16. The van der Waals surface area contributed by atoms with Crippen LogP contribution in [0.3, 0.4) is 0 Å². The predicted octanol–water partition coefficient (Wildman–Crippen LogP) is 0.673. The minimum absolute atomic E-state index is 0.219. The third-order valence-corrected chi connectivity index (χ3v) is 3.22. The second-order valence-corrected chi connectivity index (χ2v) is 4.67. The summed E-state index contributed by atoms with van der Waals surface area (Å²) in [5.74, 6) is -0.735. The highest BCUT2D eigenvalue weighted by molar-refractivity contribution is 6.35. The number of hydrogen-bond donors (Lipinski definition) is 2. The molecule has 0 saturated carbocycles. The van der Waals surface area contributed by atoms with Crippen molar-refractivity contribution in [3.8, 4) is 5.75 Å². The molecule has 1 aromatic rings. The van der Waals surface area contributed by atoms with Gasteiger partial charge in [0.2, 0.25) is 0 Å². The van der Waals surface area contributed by atoms with Gasteiger partial charge in [-0.1, -0.05) is 12.1 Å². The summed E-state index contributed by atoms with van der Waals surface area (Å²) in [7, 11) is 0. The number of nitrogens with one attached hydrogen (secondary N) is 1. The fourth-order valence-corrected chi connectivity index (χ4v) is 2.12. The Kier molecular flexibility index (Phi) is 4.39. The summed E-state index contributed by atoms with van der Waals surface area (Å²) in [5, 5.41) is 11.8. The van der Waals surface area contributed by atoms with E-state index in [0.29, 0.717) is 26.1 Å². The van der Waals surface area contributed by atoms with Crippen molar-refractivity contribution in [1.82, 2.24) is 10.2 Å². The minimum atomic E-state index is -0.527. The van der Waals surface area contributed by atoms with Crippen molar-refractivity contribution in [2.75, 3.05) is 19.6 Å². The monoisotopic (exact) mass is 262 g/mol. The second kappa shape index (κ2) is 6.22. The number of nitrogens with zero attached hydrogens (tertiary/aromatic N) is 1. The molecule has 19 heavy (non-hydrogen) atoms. The third kappa shape index (κ3) is 3.71. The number of hydrogen-bond acceptors (Lipinski definition) is 3. The number of likely N-dealkylation sites (tertiary alicyclic amines) is 1. The van der Waals surface area contributed by atoms with Crippen molar-refractivity contribution in [2.24, 2.45) is 0 Å². The van der Waals surface area contributed by atoms with Gasteiger partial charge in [0.1, 0.15) is 5.75 Å². The molecule has 0 aromatic heterocycles. The summed E-state index contributed by atoms with van der Waals surface area (Å²) < 4.78 is 0. The van der Waals surface area contributed by atoms with Gasteiger partial charge in [-0.15, -0.1) is 0 Å². The van der Waals surface area contributed by atoms with Gasteiger partial charge < -0.3 is 15.3 Å². The topological polar surface area (TPSA) is 69.6 Å². The molecule has 1 aliphatic heterocycles. The van der Waals surface area contributed by atoms with E-state index in [4.69, 9.17) is 5.11 Å². The predicted molar refractivity (Wildman–Crippen MR) is 70.6 cm³/mol. The van der Waals surface area contributed by atoms with Crippen LogP contribution in [0.15, 0.2) is 24.3 Å². The highest BCUT2D eigenvalue weighted by atomic mass is 16.3. The van der Waals surface area contributed by atoms with Gasteiger partial charge in [-0.05, 0) is 37.0 Å². The Morgan fingerprint density at radius 3 is 2.42 bits per heavy atom. The molecule has 1 heterocycles. The average Bonchev–Trinajstić information content (AvgIpc) is 2.94. The highest BCUT2D eigenvalue weighted by Gasteiger charge is 2.23. The first-order valence-corrected chi connectivity index (χ1v) is 6.52. The molecule has 1 fully saturated rings. The van der Waals surface area contributed by atoms with Crippen LogP contribution >= 0.6 is 0 Å². The number of phenols is 1. The van der Waals surface area contributed by atoms with Crippen molar-refractivity contribution >= 4 is 11.8 Å². The number of benzene rings is 1. The molecule has 1 aromatic carbocycles. The van der Waals surface area contributed by atoms with Crippen molar-refractivity contribution in [3.63, 3.8) is 0 Å². The molecule has 0 unspecified atom stereocenters. The first kappa shape index (κ1) is 13.4. The zero-order chi connectivity index (χ0) is 13.7. The van der Waals surface area contributed by atoms with E-state index in [1.807, 2.05) is 0 Å². The largest absolute Gasteiger partial charge is 0.508 e. The molecular weight excluding hydrogens is 244 g/mol. The summed E-state index contributed by atoms with van der Waals surface area (Å²) in [6.07, 6.45) is 2.60. The van der Waals surface area contributed by atoms with Gasteiger partial charge in [0.25, 0.3) is 0 Å². The molecule has 2 rings (SSSR count). The SMILES string of the molecule is O=C(NCCc1ccc(O)cc1)C(=O)N1CCCC1. The Labute approximate surface area is 112 Å². The number of carbonyl (C=O) groups excluding carboxylic acids is 2. The van der Waals surface area contributed by atoms with Gasteiger partial charge in [0.05, 0.1) is 0 Å². The lowest BCUT2D eigenvalue weighted by Crippen LogP contribution is -2.42. The van der Waals surface area contributed by atoms with Crippen LogP contribution in [0.25, 0.3) is 0 Å². The van der Waals surface area contributed by atoms with E-state index in [2.05, 4.69) is 5.32 Å². The molecular formula is C14H18N2O3. The van der Waals surface area contributed by atoms with E-state index in [-0.39, 0.29) is 5.75 Å². The molecule has 1 aliphatic rings. The molecule has 0 radical (unpaired) electrons. The first-order valence-electron chi connectivity index (χ1n) is 6.52. The maximum absolute atomic E-state index is 11.7. The minimum Gasteiger partial charge on any atom is -0.508 e. The van der Waals surface area contributed by atoms with Crippen LogP contribution in [-0.4, -0.2) is 41.5 Å². The van der Waals surface area contributed by atoms with E-state index in [0.717, 1.165) is 18.4 Å². The fourth-order valence-electron chi connectivity index (χ4n) is 2.12. The van der Waals surface area contributed by atoms with E-state index in [1.54, 1.807) is 29.2 Å². The lowest BCUT2D eigenvalue weighted by atomic mass is 10.1. The van der Waals surface area contributed by atoms with Crippen LogP contribution in [-0.2, 0) is 16.0 Å². The van der Waals surface area contributed by atoms with E-state index in [1.165, 1.54) is 0 Å². The Hall–Kier alpha value is -2.04. The Morgan fingerprint density at radius 2 is 1.79 bits per heavy atom. The molecule has 0 bridgehead atoms. The number of amides is 2. The molecule has 0 aliphatic carbocycles. The Morgan fingerprint density at radius 1 is 1.16 bits per heavy atom. The van der Waals surface area contributed by atoms with Gasteiger partial charge in [0.15, 0.2) is 0 Å². The number of carbonyl (C=O) groups is 2. The highest BCUT2D eigenvalue weighted by Crippen LogP contribution is 2.10. The molecule has 102 valence electrons. The average molecular weight is 262 g/mol. The fraction of sp³-hybridized carbons (Fsp3) is 0.429. The normalized spacial score (nSPS) is 14.4. The van der Waals surface area contributed by atoms with Crippen LogP contribution in [0.2, 0.25) is 0 Å². The summed E-state index contributed by atoms with van der Waals surface area (Å²) in [6, 6.07) is 6.80.